The van der Waals surface area contributed by atoms with Crippen LogP contribution in [0.3, 0.4) is 0 Å². The van der Waals surface area contributed by atoms with Gasteiger partial charge in [0.15, 0.2) is 5.78 Å². The summed E-state index contributed by atoms with van der Waals surface area (Å²) in [5.41, 5.74) is 3.80. The summed E-state index contributed by atoms with van der Waals surface area (Å²) in [5, 5.41) is 0. The third-order valence-corrected chi connectivity index (χ3v) is 5.88. The minimum absolute atomic E-state index is 0.0599. The Morgan fingerprint density at radius 1 is 0.935 bits per heavy atom. The molecule has 1 saturated heterocycles. The molecule has 4 rings (SSSR count). The predicted molar refractivity (Wildman–Crippen MR) is 115 cm³/mol. The number of ketones is 1. The number of hydrogen-bond donors (Lipinski definition) is 0. The summed E-state index contributed by atoms with van der Waals surface area (Å²) in [5.74, 6) is -0.889. The number of aryl methyl sites for hydroxylation is 2. The van der Waals surface area contributed by atoms with E-state index in [2.05, 4.69) is 0 Å². The number of hydrogen-bond acceptors (Lipinski definition) is 5. The number of fused-ring (bicyclic) bond motifs is 1. The summed E-state index contributed by atoms with van der Waals surface area (Å²) in [7, 11) is 0. The van der Waals surface area contributed by atoms with Gasteiger partial charge in [0.1, 0.15) is 0 Å². The van der Waals surface area contributed by atoms with Crippen molar-refractivity contribution in [1.29, 1.82) is 0 Å². The molecule has 0 N–H and O–H groups in total. The lowest BCUT2D eigenvalue weighted by molar-refractivity contribution is -0.162. The maximum absolute atomic E-state index is 13.0. The molecular formula is C25H27NO5. The minimum Gasteiger partial charge on any atom is -0.447 e. The molecule has 1 aliphatic heterocycles. The van der Waals surface area contributed by atoms with Gasteiger partial charge in [-0.1, -0.05) is 42.5 Å². The number of esters is 1. The molecule has 0 aromatic heterocycles. The lowest BCUT2D eigenvalue weighted by atomic mass is 10.0. The van der Waals surface area contributed by atoms with Gasteiger partial charge in [-0.15, -0.1) is 0 Å². The van der Waals surface area contributed by atoms with E-state index < -0.39 is 12.1 Å². The molecule has 162 valence electrons. The fourth-order valence-corrected chi connectivity index (χ4v) is 4.13. The van der Waals surface area contributed by atoms with Crippen molar-refractivity contribution in [2.75, 3.05) is 26.3 Å². The molecule has 1 heterocycles. The molecule has 2 aromatic carbocycles. The third kappa shape index (κ3) is 5.20. The zero-order valence-electron chi connectivity index (χ0n) is 17.5. The maximum Gasteiger partial charge on any atom is 0.307 e. The lowest BCUT2D eigenvalue weighted by Crippen LogP contribution is -2.44. The third-order valence-electron chi connectivity index (χ3n) is 5.88. The van der Waals surface area contributed by atoms with E-state index in [1.54, 1.807) is 29.2 Å². The standard InChI is InChI=1S/C25H27NO5/c27-22(21-10-9-18-7-4-8-20(18)17-21)11-12-23(28)31-24(19-5-2-1-3-6-19)25(29)26-13-15-30-16-14-26/h1-3,5-6,9-10,17,24H,4,7-8,11-16H2/t24-/m1/s1. The molecule has 6 nitrogen and oxygen atoms in total. The second-order valence-corrected chi connectivity index (χ2v) is 7.98. The summed E-state index contributed by atoms with van der Waals surface area (Å²) < 4.78 is 10.9. The van der Waals surface area contributed by atoms with Gasteiger partial charge in [0.2, 0.25) is 6.10 Å². The SMILES string of the molecule is O=C(CCC(=O)c1ccc2c(c1)CCC2)O[C@@H](C(=O)N1CCOCC1)c1ccccc1. The molecule has 31 heavy (non-hydrogen) atoms. The van der Waals surface area contributed by atoms with E-state index in [-0.39, 0.29) is 24.5 Å². The largest absolute Gasteiger partial charge is 0.447 e. The first-order valence-corrected chi connectivity index (χ1v) is 10.9. The Morgan fingerprint density at radius 2 is 1.68 bits per heavy atom. The number of amides is 1. The number of nitrogens with zero attached hydrogens (tertiary/aromatic N) is 1. The average molecular weight is 421 g/mol. The summed E-state index contributed by atoms with van der Waals surface area (Å²) >= 11 is 0. The van der Waals surface area contributed by atoms with Gasteiger partial charge >= 0.3 is 5.97 Å². The van der Waals surface area contributed by atoms with Gasteiger partial charge in [0.05, 0.1) is 19.6 Å². The normalized spacial score (nSPS) is 16.5. The highest BCUT2D eigenvalue weighted by Crippen LogP contribution is 2.24. The molecular weight excluding hydrogens is 394 g/mol. The molecule has 0 spiro atoms. The summed E-state index contributed by atoms with van der Waals surface area (Å²) in [6, 6.07) is 14.8. The van der Waals surface area contributed by atoms with Crippen molar-refractivity contribution in [1.82, 2.24) is 4.90 Å². The Labute approximate surface area is 182 Å². The highest BCUT2D eigenvalue weighted by Gasteiger charge is 2.30. The van der Waals surface area contributed by atoms with Gasteiger partial charge in [-0.3, -0.25) is 14.4 Å². The summed E-state index contributed by atoms with van der Waals surface area (Å²) in [6.07, 6.45) is 2.18. The monoisotopic (exact) mass is 421 g/mol. The van der Waals surface area contributed by atoms with E-state index in [0.29, 0.717) is 37.4 Å². The van der Waals surface area contributed by atoms with Crippen molar-refractivity contribution < 1.29 is 23.9 Å². The van der Waals surface area contributed by atoms with Crippen LogP contribution in [0, 0.1) is 0 Å². The zero-order chi connectivity index (χ0) is 21.6. The number of carbonyl (C=O) groups excluding carboxylic acids is 3. The number of morpholine rings is 1. The molecule has 0 unspecified atom stereocenters. The number of carbonyl (C=O) groups is 3. The molecule has 6 heteroatoms. The number of ether oxygens (including phenoxy) is 2. The molecule has 1 aliphatic carbocycles. The van der Waals surface area contributed by atoms with Gasteiger partial charge in [-0.2, -0.15) is 0 Å². The van der Waals surface area contributed by atoms with E-state index in [9.17, 15) is 14.4 Å². The van der Waals surface area contributed by atoms with Crippen LogP contribution in [0.25, 0.3) is 0 Å². The summed E-state index contributed by atoms with van der Waals surface area (Å²) in [6.45, 7) is 1.88. The van der Waals surface area contributed by atoms with Crippen molar-refractivity contribution in [3.63, 3.8) is 0 Å². The van der Waals surface area contributed by atoms with Gasteiger partial charge in [-0.05, 0) is 36.5 Å². The molecule has 2 aliphatic rings. The molecule has 0 saturated carbocycles. The van der Waals surface area contributed by atoms with Crippen molar-refractivity contribution in [2.45, 2.75) is 38.2 Å². The number of benzene rings is 2. The van der Waals surface area contributed by atoms with Crippen LogP contribution in [0.4, 0.5) is 0 Å². The highest BCUT2D eigenvalue weighted by atomic mass is 16.5. The Kier molecular flexibility index (Phi) is 6.77. The maximum atomic E-state index is 13.0. The van der Waals surface area contributed by atoms with Crippen LogP contribution in [-0.2, 0) is 31.9 Å². The van der Waals surface area contributed by atoms with Crippen molar-refractivity contribution >= 4 is 17.7 Å². The first-order valence-electron chi connectivity index (χ1n) is 10.9. The molecule has 1 atom stereocenters. The fourth-order valence-electron chi connectivity index (χ4n) is 4.13. The molecule has 1 fully saturated rings. The van der Waals surface area contributed by atoms with E-state index in [1.807, 2.05) is 24.3 Å². The zero-order valence-corrected chi connectivity index (χ0v) is 17.5. The van der Waals surface area contributed by atoms with Gasteiger partial charge in [0.25, 0.3) is 5.91 Å². The Hall–Kier alpha value is -2.99. The van der Waals surface area contributed by atoms with Crippen LogP contribution < -0.4 is 0 Å². The topological polar surface area (TPSA) is 72.9 Å². The van der Waals surface area contributed by atoms with Gasteiger partial charge in [0, 0.05) is 30.6 Å². The second-order valence-electron chi connectivity index (χ2n) is 7.98. The number of rotatable bonds is 7. The van der Waals surface area contributed by atoms with E-state index >= 15 is 0 Å². The summed E-state index contributed by atoms with van der Waals surface area (Å²) in [4.78, 5) is 39.8. The minimum atomic E-state index is -1.01. The molecule has 2 aromatic rings. The lowest BCUT2D eigenvalue weighted by Gasteiger charge is -2.30. The van der Waals surface area contributed by atoms with Gasteiger partial charge < -0.3 is 14.4 Å². The van der Waals surface area contributed by atoms with E-state index in [1.165, 1.54) is 11.1 Å². The predicted octanol–water partition coefficient (Wildman–Crippen LogP) is 3.28. The molecule has 0 radical (unpaired) electrons. The molecule has 1 amide bonds. The van der Waals surface area contributed by atoms with Crippen LogP contribution in [0.1, 0.15) is 52.4 Å². The van der Waals surface area contributed by atoms with E-state index in [4.69, 9.17) is 9.47 Å². The van der Waals surface area contributed by atoms with Crippen molar-refractivity contribution in [3.05, 3.63) is 70.8 Å². The van der Waals surface area contributed by atoms with Gasteiger partial charge in [-0.25, -0.2) is 0 Å². The first kappa shape index (κ1) is 21.2. The van der Waals surface area contributed by atoms with Crippen LogP contribution in [0.2, 0.25) is 0 Å². The smallest absolute Gasteiger partial charge is 0.307 e. The van der Waals surface area contributed by atoms with Crippen molar-refractivity contribution in [2.24, 2.45) is 0 Å². The average Bonchev–Trinajstić information content (AvgIpc) is 3.29. The van der Waals surface area contributed by atoms with Crippen LogP contribution in [0.15, 0.2) is 48.5 Å². The van der Waals surface area contributed by atoms with Crippen LogP contribution in [-0.4, -0.2) is 48.9 Å². The Bertz CT molecular complexity index is 950. The number of Topliss-reactive ketones (excluding diaryl/α,β-unsaturated/α-hetero) is 1. The van der Waals surface area contributed by atoms with Crippen LogP contribution in [0.5, 0.6) is 0 Å². The van der Waals surface area contributed by atoms with Crippen molar-refractivity contribution in [3.8, 4) is 0 Å². The highest BCUT2D eigenvalue weighted by molar-refractivity contribution is 5.98. The van der Waals surface area contributed by atoms with Crippen LogP contribution >= 0.6 is 0 Å². The first-order chi connectivity index (χ1) is 15.1. The second kappa shape index (κ2) is 9.88. The Morgan fingerprint density at radius 3 is 2.45 bits per heavy atom. The quantitative estimate of drug-likeness (QED) is 0.507. The van der Waals surface area contributed by atoms with E-state index in [0.717, 1.165) is 19.3 Å². The Balaban J connectivity index is 1.39. The fraction of sp³-hybridized carbons (Fsp3) is 0.400. The molecule has 0 bridgehead atoms.